The second-order valence-corrected chi connectivity index (χ2v) is 5.99. The molecule has 0 spiro atoms. The number of hydrogen-bond donors (Lipinski definition) is 1. The van der Waals surface area contributed by atoms with Crippen LogP contribution in [-0.2, 0) is 4.79 Å². The van der Waals surface area contributed by atoms with Crippen LogP contribution in [0, 0.1) is 5.92 Å². The first kappa shape index (κ1) is 14.9. The normalized spacial score (nSPS) is 12.3. The zero-order valence-electron chi connectivity index (χ0n) is 11.4. The van der Waals surface area contributed by atoms with Crippen molar-refractivity contribution in [2.75, 3.05) is 13.7 Å². The van der Waals surface area contributed by atoms with Crippen molar-refractivity contribution in [3.63, 3.8) is 0 Å². The van der Waals surface area contributed by atoms with Gasteiger partial charge in [0, 0.05) is 11.4 Å². The Balaban J connectivity index is 2.52. The second-order valence-electron chi connectivity index (χ2n) is 4.58. The molecule has 3 nitrogen and oxygen atoms in total. The summed E-state index contributed by atoms with van der Waals surface area (Å²) in [5, 5.41) is 2.84. The number of methoxy groups -OCH3 is 1. The molecule has 0 heterocycles. The third-order valence-electron chi connectivity index (χ3n) is 2.41. The highest BCUT2D eigenvalue weighted by molar-refractivity contribution is 8.00. The number of amides is 1. The maximum absolute atomic E-state index is 11.8. The van der Waals surface area contributed by atoms with Gasteiger partial charge in [0.15, 0.2) is 0 Å². The number of benzene rings is 1. The highest BCUT2D eigenvalue weighted by atomic mass is 32.2. The van der Waals surface area contributed by atoms with Crippen LogP contribution in [0.1, 0.15) is 20.8 Å². The highest BCUT2D eigenvalue weighted by Gasteiger charge is 2.14. The number of thioether (sulfide) groups is 1. The van der Waals surface area contributed by atoms with Gasteiger partial charge < -0.3 is 10.1 Å². The molecular weight excluding hydrogens is 246 g/mol. The van der Waals surface area contributed by atoms with Gasteiger partial charge in [0.2, 0.25) is 5.91 Å². The summed E-state index contributed by atoms with van der Waals surface area (Å²) < 4.78 is 5.16. The quantitative estimate of drug-likeness (QED) is 0.805. The lowest BCUT2D eigenvalue weighted by molar-refractivity contribution is -0.120. The summed E-state index contributed by atoms with van der Waals surface area (Å²) in [5.74, 6) is 1.37. The number of ether oxygens (including phenoxy) is 1. The molecule has 0 aliphatic carbocycles. The highest BCUT2D eigenvalue weighted by Crippen LogP contribution is 2.26. The van der Waals surface area contributed by atoms with E-state index >= 15 is 0 Å². The maximum Gasteiger partial charge on any atom is 0.233 e. The molecule has 4 heteroatoms. The van der Waals surface area contributed by atoms with Gasteiger partial charge in [-0.05, 0) is 31.0 Å². The van der Waals surface area contributed by atoms with Gasteiger partial charge in [-0.15, -0.1) is 11.8 Å². The molecule has 0 bridgehead atoms. The minimum atomic E-state index is -0.101. The fourth-order valence-electron chi connectivity index (χ4n) is 1.38. The van der Waals surface area contributed by atoms with E-state index in [4.69, 9.17) is 4.74 Å². The standard InChI is InChI=1S/C14H21NO2S/c1-10(2)9-15-14(16)11(3)18-13-7-5-6-12(8-13)17-4/h5-8,10-11H,9H2,1-4H3,(H,15,16)/t11-/m1/s1. The molecule has 0 saturated carbocycles. The van der Waals surface area contributed by atoms with Crippen LogP contribution in [0.5, 0.6) is 5.75 Å². The molecule has 0 aliphatic rings. The lowest BCUT2D eigenvalue weighted by Gasteiger charge is -2.13. The summed E-state index contributed by atoms with van der Waals surface area (Å²) in [5.41, 5.74) is 0. The van der Waals surface area contributed by atoms with Crippen molar-refractivity contribution in [2.24, 2.45) is 5.92 Å². The van der Waals surface area contributed by atoms with E-state index in [2.05, 4.69) is 19.2 Å². The predicted molar refractivity (Wildman–Crippen MR) is 76.2 cm³/mol. The molecule has 1 aromatic carbocycles. The van der Waals surface area contributed by atoms with E-state index in [1.165, 1.54) is 0 Å². The largest absolute Gasteiger partial charge is 0.497 e. The van der Waals surface area contributed by atoms with Crippen molar-refractivity contribution in [3.05, 3.63) is 24.3 Å². The monoisotopic (exact) mass is 267 g/mol. The first-order chi connectivity index (χ1) is 8.52. The molecule has 0 aliphatic heterocycles. The van der Waals surface area contributed by atoms with E-state index < -0.39 is 0 Å². The van der Waals surface area contributed by atoms with Gasteiger partial charge in [0.05, 0.1) is 12.4 Å². The van der Waals surface area contributed by atoms with Crippen LogP contribution in [0.4, 0.5) is 0 Å². The minimum absolute atomic E-state index is 0.0801. The molecule has 1 atom stereocenters. The smallest absolute Gasteiger partial charge is 0.233 e. The van der Waals surface area contributed by atoms with Gasteiger partial charge in [-0.1, -0.05) is 19.9 Å². The molecule has 1 amide bonds. The van der Waals surface area contributed by atoms with Crippen LogP contribution in [0.25, 0.3) is 0 Å². The predicted octanol–water partition coefficient (Wildman–Crippen LogP) is 2.95. The Kier molecular flexibility index (Phi) is 6.05. The summed E-state index contributed by atoms with van der Waals surface area (Å²) in [7, 11) is 1.64. The van der Waals surface area contributed by atoms with E-state index in [0.29, 0.717) is 5.92 Å². The van der Waals surface area contributed by atoms with Crippen LogP contribution in [0.15, 0.2) is 29.2 Å². The molecule has 0 radical (unpaired) electrons. The third kappa shape index (κ3) is 5.00. The molecule has 18 heavy (non-hydrogen) atoms. The summed E-state index contributed by atoms with van der Waals surface area (Å²) in [6.45, 7) is 6.81. The first-order valence-electron chi connectivity index (χ1n) is 6.11. The van der Waals surface area contributed by atoms with Crippen LogP contribution < -0.4 is 10.1 Å². The molecule has 0 aromatic heterocycles. The van der Waals surface area contributed by atoms with Gasteiger partial charge in [-0.25, -0.2) is 0 Å². The van der Waals surface area contributed by atoms with Crippen LogP contribution >= 0.6 is 11.8 Å². The molecule has 1 rings (SSSR count). The SMILES string of the molecule is COc1cccc(S[C@H](C)C(=O)NCC(C)C)c1. The summed E-state index contributed by atoms with van der Waals surface area (Å²) >= 11 is 1.54. The fraction of sp³-hybridized carbons (Fsp3) is 0.500. The Morgan fingerprint density at radius 2 is 2.11 bits per heavy atom. The van der Waals surface area contributed by atoms with E-state index in [1.807, 2.05) is 31.2 Å². The fourth-order valence-corrected chi connectivity index (χ4v) is 2.32. The van der Waals surface area contributed by atoms with Gasteiger partial charge in [-0.3, -0.25) is 4.79 Å². The molecule has 0 fully saturated rings. The van der Waals surface area contributed by atoms with Crippen molar-refractivity contribution in [1.29, 1.82) is 0 Å². The maximum atomic E-state index is 11.8. The Labute approximate surface area is 113 Å². The van der Waals surface area contributed by atoms with Crippen LogP contribution in [0.2, 0.25) is 0 Å². The first-order valence-corrected chi connectivity index (χ1v) is 6.99. The van der Waals surface area contributed by atoms with Crippen molar-refractivity contribution in [1.82, 2.24) is 5.32 Å². The number of nitrogens with one attached hydrogen (secondary N) is 1. The Bertz CT molecular complexity index is 393. The van der Waals surface area contributed by atoms with Gasteiger partial charge >= 0.3 is 0 Å². The van der Waals surface area contributed by atoms with Gasteiger partial charge in [0.25, 0.3) is 0 Å². The molecule has 1 aromatic rings. The number of rotatable bonds is 6. The van der Waals surface area contributed by atoms with E-state index in [-0.39, 0.29) is 11.2 Å². The van der Waals surface area contributed by atoms with Crippen LogP contribution in [-0.4, -0.2) is 24.8 Å². The number of carbonyl (C=O) groups excluding carboxylic acids is 1. The third-order valence-corrected chi connectivity index (χ3v) is 3.50. The zero-order chi connectivity index (χ0) is 13.5. The van der Waals surface area contributed by atoms with Crippen molar-refractivity contribution >= 4 is 17.7 Å². The van der Waals surface area contributed by atoms with E-state index in [9.17, 15) is 4.79 Å². The average molecular weight is 267 g/mol. The molecular formula is C14H21NO2S. The lowest BCUT2D eigenvalue weighted by Crippen LogP contribution is -2.33. The summed E-state index contributed by atoms with van der Waals surface area (Å²) in [4.78, 5) is 12.9. The molecule has 0 saturated heterocycles. The Morgan fingerprint density at radius 1 is 1.39 bits per heavy atom. The summed E-state index contributed by atoms with van der Waals surface area (Å²) in [6.07, 6.45) is 0. The minimum Gasteiger partial charge on any atom is -0.497 e. The second kappa shape index (κ2) is 7.31. The summed E-state index contributed by atoms with van der Waals surface area (Å²) in [6, 6.07) is 7.75. The van der Waals surface area contributed by atoms with Crippen molar-refractivity contribution < 1.29 is 9.53 Å². The Morgan fingerprint density at radius 3 is 2.72 bits per heavy atom. The van der Waals surface area contributed by atoms with Crippen molar-refractivity contribution in [2.45, 2.75) is 30.9 Å². The van der Waals surface area contributed by atoms with Crippen molar-refractivity contribution in [3.8, 4) is 5.75 Å². The number of carbonyl (C=O) groups is 1. The average Bonchev–Trinajstić information content (AvgIpc) is 2.36. The van der Waals surface area contributed by atoms with Gasteiger partial charge in [0.1, 0.15) is 5.75 Å². The van der Waals surface area contributed by atoms with Gasteiger partial charge in [-0.2, -0.15) is 0 Å². The topological polar surface area (TPSA) is 38.3 Å². The number of hydrogen-bond acceptors (Lipinski definition) is 3. The van der Waals surface area contributed by atoms with E-state index in [1.54, 1.807) is 18.9 Å². The van der Waals surface area contributed by atoms with E-state index in [0.717, 1.165) is 17.2 Å². The Hall–Kier alpha value is -1.16. The zero-order valence-corrected chi connectivity index (χ0v) is 12.2. The molecule has 1 N–H and O–H groups in total. The lowest BCUT2D eigenvalue weighted by atomic mass is 10.2. The molecule has 100 valence electrons. The van der Waals surface area contributed by atoms with Crippen LogP contribution in [0.3, 0.4) is 0 Å². The molecule has 0 unspecified atom stereocenters.